The van der Waals surface area contributed by atoms with Crippen LogP contribution in [0.5, 0.6) is 0 Å². The number of amidine groups is 1. The molecule has 0 fully saturated rings. The van der Waals surface area contributed by atoms with Gasteiger partial charge in [0.05, 0.1) is 37.5 Å². The molecule has 2 aliphatic heterocycles. The summed E-state index contributed by atoms with van der Waals surface area (Å²) in [4.78, 5) is 30.7. The van der Waals surface area contributed by atoms with Gasteiger partial charge in [0.1, 0.15) is 5.76 Å². The fourth-order valence-corrected chi connectivity index (χ4v) is 4.58. The third-order valence-corrected chi connectivity index (χ3v) is 5.96. The number of halogens is 3. The van der Waals surface area contributed by atoms with Crippen molar-refractivity contribution in [1.29, 1.82) is 0 Å². The first-order valence-corrected chi connectivity index (χ1v) is 11.2. The van der Waals surface area contributed by atoms with Gasteiger partial charge < -0.3 is 19.4 Å². The minimum absolute atomic E-state index is 0.0306. The van der Waals surface area contributed by atoms with E-state index in [2.05, 4.69) is 10.3 Å². The summed E-state index contributed by atoms with van der Waals surface area (Å²) in [6.07, 6.45) is -3.52. The molecule has 34 heavy (non-hydrogen) atoms. The van der Waals surface area contributed by atoms with Crippen molar-refractivity contribution < 1.29 is 31.9 Å². The van der Waals surface area contributed by atoms with E-state index in [1.165, 1.54) is 18.1 Å². The van der Waals surface area contributed by atoms with Gasteiger partial charge in [0.25, 0.3) is 0 Å². The Bertz CT molecular complexity index is 1160. The summed E-state index contributed by atoms with van der Waals surface area (Å²) in [5.74, 6) is -0.905. The van der Waals surface area contributed by atoms with Gasteiger partial charge in [-0.25, -0.2) is 9.79 Å². The fourth-order valence-electron chi connectivity index (χ4n) is 3.67. The molecule has 1 aromatic carbocycles. The number of rotatable bonds is 7. The second-order valence-corrected chi connectivity index (χ2v) is 8.15. The van der Waals surface area contributed by atoms with Crippen LogP contribution < -0.4 is 5.32 Å². The predicted octanol–water partition coefficient (Wildman–Crippen LogP) is 4.67. The minimum atomic E-state index is -4.88. The third kappa shape index (κ3) is 4.89. The second kappa shape index (κ2) is 9.80. The molecule has 2 aliphatic rings. The molecule has 4 rings (SSSR count). The SMILES string of the molecule is CCOC(=O)C1=C(C(F)(F)F)N=C2SC=C(CC(=O)NCc3ccco3)N2C1c1ccccc1. The lowest BCUT2D eigenvalue weighted by Crippen LogP contribution is -2.40. The predicted molar refractivity (Wildman–Crippen MR) is 119 cm³/mol. The van der Waals surface area contributed by atoms with Crippen LogP contribution in [-0.4, -0.2) is 34.7 Å². The highest BCUT2D eigenvalue weighted by molar-refractivity contribution is 8.16. The Morgan fingerprint density at radius 1 is 1.21 bits per heavy atom. The summed E-state index contributed by atoms with van der Waals surface area (Å²) in [5, 5.41) is 4.32. The van der Waals surface area contributed by atoms with Crippen LogP contribution in [0.15, 0.2) is 80.5 Å². The molecule has 0 saturated heterocycles. The summed E-state index contributed by atoms with van der Waals surface area (Å²) in [6.45, 7) is 1.58. The highest BCUT2D eigenvalue weighted by atomic mass is 32.2. The summed E-state index contributed by atoms with van der Waals surface area (Å²) in [6, 6.07) is 10.5. The first-order chi connectivity index (χ1) is 16.3. The highest BCUT2D eigenvalue weighted by Gasteiger charge is 2.49. The number of ether oxygens (including phenoxy) is 1. The van der Waals surface area contributed by atoms with Crippen LogP contribution in [0.3, 0.4) is 0 Å². The highest BCUT2D eigenvalue weighted by Crippen LogP contribution is 2.48. The topological polar surface area (TPSA) is 84.1 Å². The van der Waals surface area contributed by atoms with E-state index < -0.39 is 29.5 Å². The number of amides is 1. The molecule has 1 amide bonds. The van der Waals surface area contributed by atoms with E-state index in [0.717, 1.165) is 11.8 Å². The number of nitrogens with zero attached hydrogens (tertiary/aromatic N) is 2. The molecule has 2 aromatic rings. The quantitative estimate of drug-likeness (QED) is 0.567. The zero-order valence-corrected chi connectivity index (χ0v) is 18.8. The Hall–Kier alpha value is -3.47. The molecule has 11 heteroatoms. The molecule has 1 unspecified atom stereocenters. The Balaban J connectivity index is 1.70. The van der Waals surface area contributed by atoms with E-state index in [9.17, 15) is 22.8 Å². The zero-order chi connectivity index (χ0) is 24.3. The first-order valence-electron chi connectivity index (χ1n) is 10.4. The average Bonchev–Trinajstić information content (AvgIpc) is 3.47. The van der Waals surface area contributed by atoms with Gasteiger partial charge in [-0.05, 0) is 30.0 Å². The van der Waals surface area contributed by atoms with E-state index in [1.54, 1.807) is 47.9 Å². The van der Waals surface area contributed by atoms with Gasteiger partial charge in [0.15, 0.2) is 10.9 Å². The number of alkyl halides is 3. The second-order valence-electron chi connectivity index (χ2n) is 7.32. The maximum Gasteiger partial charge on any atom is 0.434 e. The molecule has 1 N–H and O–H groups in total. The van der Waals surface area contributed by atoms with Crippen molar-refractivity contribution in [2.45, 2.75) is 32.1 Å². The molecule has 0 aliphatic carbocycles. The number of aliphatic imine (C=N–C) groups is 1. The van der Waals surface area contributed by atoms with Gasteiger partial charge in [-0.1, -0.05) is 42.1 Å². The van der Waals surface area contributed by atoms with Crippen LogP contribution in [0.4, 0.5) is 13.2 Å². The van der Waals surface area contributed by atoms with E-state index >= 15 is 0 Å². The van der Waals surface area contributed by atoms with E-state index in [4.69, 9.17) is 9.15 Å². The largest absolute Gasteiger partial charge is 0.467 e. The number of hydrogen-bond acceptors (Lipinski definition) is 7. The van der Waals surface area contributed by atoms with Crippen LogP contribution in [-0.2, 0) is 20.9 Å². The van der Waals surface area contributed by atoms with Crippen molar-refractivity contribution in [3.8, 4) is 0 Å². The maximum absolute atomic E-state index is 14.0. The van der Waals surface area contributed by atoms with Crippen LogP contribution in [0.2, 0.25) is 0 Å². The number of furan rings is 1. The van der Waals surface area contributed by atoms with Crippen molar-refractivity contribution in [2.75, 3.05) is 6.61 Å². The Kier molecular flexibility index (Phi) is 6.82. The smallest absolute Gasteiger partial charge is 0.434 e. The molecule has 3 heterocycles. The summed E-state index contributed by atoms with van der Waals surface area (Å²) < 4.78 is 52.2. The van der Waals surface area contributed by atoms with Gasteiger partial charge in [-0.15, -0.1) is 0 Å². The minimum Gasteiger partial charge on any atom is -0.467 e. The Labute approximate surface area is 197 Å². The number of carbonyl (C=O) groups excluding carboxylic acids is 2. The van der Waals surface area contributed by atoms with Crippen LogP contribution >= 0.6 is 11.8 Å². The van der Waals surface area contributed by atoms with E-state index in [1.807, 2.05) is 0 Å². The van der Waals surface area contributed by atoms with Crippen molar-refractivity contribution >= 4 is 28.8 Å². The summed E-state index contributed by atoms with van der Waals surface area (Å²) in [5.41, 5.74) is -1.06. The molecule has 0 bridgehead atoms. The molecule has 1 atom stereocenters. The van der Waals surface area contributed by atoms with Crippen LogP contribution in [0.25, 0.3) is 0 Å². The summed E-state index contributed by atoms with van der Waals surface area (Å²) >= 11 is 0.967. The van der Waals surface area contributed by atoms with Gasteiger partial charge in [0.2, 0.25) is 5.91 Å². The number of esters is 1. The van der Waals surface area contributed by atoms with E-state index in [-0.39, 0.29) is 30.6 Å². The van der Waals surface area contributed by atoms with E-state index in [0.29, 0.717) is 17.0 Å². The Morgan fingerprint density at radius 3 is 2.62 bits per heavy atom. The monoisotopic (exact) mass is 491 g/mol. The third-order valence-electron chi connectivity index (χ3n) is 5.07. The lowest BCUT2D eigenvalue weighted by molar-refractivity contribution is -0.140. The molecule has 178 valence electrons. The number of nitrogens with one attached hydrogen (secondary N) is 1. The number of hydrogen-bond donors (Lipinski definition) is 1. The van der Waals surface area contributed by atoms with Crippen molar-refractivity contribution in [2.24, 2.45) is 4.99 Å². The molecule has 7 nitrogen and oxygen atoms in total. The average molecular weight is 491 g/mol. The molecule has 0 radical (unpaired) electrons. The van der Waals surface area contributed by atoms with Crippen molar-refractivity contribution in [1.82, 2.24) is 10.2 Å². The normalized spacial score (nSPS) is 17.8. The van der Waals surface area contributed by atoms with Crippen LogP contribution in [0, 0.1) is 0 Å². The number of benzene rings is 1. The first kappa shape index (κ1) is 23.7. The van der Waals surface area contributed by atoms with Crippen LogP contribution in [0.1, 0.15) is 30.7 Å². The number of thioether (sulfide) groups is 1. The standard InChI is InChI=1S/C23H20F3N3O4S/c1-2-32-21(31)18-19(14-7-4-3-5-8-14)29-15(11-17(30)27-12-16-9-6-10-33-16)13-34-22(29)28-20(18)23(24,25)26/h3-10,13,19H,2,11-12H2,1H3,(H,27,30). The molecule has 1 aromatic heterocycles. The lowest BCUT2D eigenvalue weighted by Gasteiger charge is -2.36. The maximum atomic E-state index is 14.0. The molecule has 0 saturated carbocycles. The van der Waals surface area contributed by atoms with Gasteiger partial charge in [-0.2, -0.15) is 13.2 Å². The Morgan fingerprint density at radius 2 is 1.97 bits per heavy atom. The molecular formula is C23H20F3N3O4S. The lowest BCUT2D eigenvalue weighted by atomic mass is 9.93. The van der Waals surface area contributed by atoms with Gasteiger partial charge in [0, 0.05) is 5.70 Å². The molecule has 0 spiro atoms. The van der Waals surface area contributed by atoms with Gasteiger partial charge >= 0.3 is 12.1 Å². The van der Waals surface area contributed by atoms with Crippen molar-refractivity contribution in [3.63, 3.8) is 0 Å². The number of allylic oxidation sites excluding steroid dienone is 1. The summed E-state index contributed by atoms with van der Waals surface area (Å²) in [7, 11) is 0. The van der Waals surface area contributed by atoms with Crippen molar-refractivity contribution in [3.05, 3.63) is 82.4 Å². The van der Waals surface area contributed by atoms with Gasteiger partial charge in [-0.3, -0.25) is 4.79 Å². The number of fused-ring (bicyclic) bond motifs is 1. The zero-order valence-electron chi connectivity index (χ0n) is 18.0. The fraction of sp³-hybridized carbons (Fsp3) is 0.261. The molecular weight excluding hydrogens is 471 g/mol. The number of carbonyl (C=O) groups is 2.